The minimum absolute atomic E-state index is 0.0155. The summed E-state index contributed by atoms with van der Waals surface area (Å²) in [6, 6.07) is 11.2. The average molecular weight is 454 g/mol. The second-order valence-electron chi connectivity index (χ2n) is 8.54. The minimum atomic E-state index is -0.269. The summed E-state index contributed by atoms with van der Waals surface area (Å²) in [6.45, 7) is 3.09. The monoisotopic (exact) mass is 453 g/mol. The maximum absolute atomic E-state index is 13.5. The van der Waals surface area contributed by atoms with Gasteiger partial charge in [0.05, 0.1) is 12.5 Å². The van der Waals surface area contributed by atoms with Crippen LogP contribution in [0, 0.1) is 11.8 Å². The number of methoxy groups -OCH3 is 1. The van der Waals surface area contributed by atoms with E-state index in [4.69, 9.17) is 9.47 Å². The van der Waals surface area contributed by atoms with Crippen LogP contribution < -0.4 is 15.0 Å². The first-order valence-electron chi connectivity index (χ1n) is 11.4. The maximum atomic E-state index is 13.5. The van der Waals surface area contributed by atoms with Gasteiger partial charge in [-0.3, -0.25) is 9.59 Å². The third kappa shape index (κ3) is 5.98. The molecule has 1 aliphatic carbocycles. The molecule has 1 saturated carbocycles. The number of aromatic nitrogens is 2. The first-order valence-corrected chi connectivity index (χ1v) is 11.4. The van der Waals surface area contributed by atoms with E-state index >= 15 is 0 Å². The Hall–Kier alpha value is -3.20. The molecule has 1 aromatic carbocycles. The van der Waals surface area contributed by atoms with E-state index < -0.39 is 0 Å². The summed E-state index contributed by atoms with van der Waals surface area (Å²) < 4.78 is 10.9. The van der Waals surface area contributed by atoms with Crippen LogP contribution in [-0.2, 0) is 14.3 Å². The van der Waals surface area contributed by atoms with Crippen molar-refractivity contribution in [2.24, 2.45) is 11.8 Å². The summed E-state index contributed by atoms with van der Waals surface area (Å²) in [4.78, 5) is 38.3. The van der Waals surface area contributed by atoms with E-state index in [1.54, 1.807) is 18.5 Å². The van der Waals surface area contributed by atoms with Crippen molar-refractivity contribution in [1.82, 2.24) is 20.2 Å². The molecule has 9 heteroatoms. The van der Waals surface area contributed by atoms with Crippen LogP contribution in [0.3, 0.4) is 0 Å². The van der Waals surface area contributed by atoms with Gasteiger partial charge in [0.15, 0.2) is 0 Å². The van der Waals surface area contributed by atoms with Gasteiger partial charge in [-0.25, -0.2) is 9.97 Å². The molecule has 0 radical (unpaired) electrons. The molecule has 2 aliphatic rings. The Morgan fingerprint density at radius 2 is 1.76 bits per heavy atom. The minimum Gasteiger partial charge on any atom is -0.493 e. The van der Waals surface area contributed by atoms with Crippen LogP contribution in [0.4, 0.5) is 5.95 Å². The molecule has 0 bridgehead atoms. The summed E-state index contributed by atoms with van der Waals surface area (Å²) in [5.41, 5.74) is 0. The van der Waals surface area contributed by atoms with Gasteiger partial charge in [0, 0.05) is 51.7 Å². The number of carbonyl (C=O) groups is 2. The number of hydrogen-bond donors (Lipinski definition) is 1. The normalized spacial score (nSPS) is 22.8. The lowest BCUT2D eigenvalue weighted by molar-refractivity contribution is -0.137. The zero-order valence-corrected chi connectivity index (χ0v) is 18.9. The molecule has 9 nitrogen and oxygen atoms in total. The van der Waals surface area contributed by atoms with Crippen molar-refractivity contribution in [2.75, 3.05) is 51.4 Å². The van der Waals surface area contributed by atoms with E-state index in [0.717, 1.165) is 5.75 Å². The molecule has 33 heavy (non-hydrogen) atoms. The smallest absolute Gasteiger partial charge is 0.246 e. The number of piperazine rings is 1. The fourth-order valence-corrected chi connectivity index (χ4v) is 4.64. The average Bonchev–Trinajstić information content (AvgIpc) is 3.26. The summed E-state index contributed by atoms with van der Waals surface area (Å²) >= 11 is 0. The second kappa shape index (κ2) is 11.1. The van der Waals surface area contributed by atoms with E-state index in [1.807, 2.05) is 35.2 Å². The molecule has 1 aliphatic heterocycles. The van der Waals surface area contributed by atoms with E-state index in [9.17, 15) is 9.59 Å². The van der Waals surface area contributed by atoms with Gasteiger partial charge >= 0.3 is 0 Å². The van der Waals surface area contributed by atoms with Gasteiger partial charge in [0.25, 0.3) is 0 Å². The lowest BCUT2D eigenvalue weighted by atomic mass is 10.0. The first-order chi connectivity index (χ1) is 16.1. The van der Waals surface area contributed by atoms with E-state index in [1.165, 1.54) is 7.11 Å². The molecule has 1 aromatic heterocycles. The molecule has 2 heterocycles. The predicted octanol–water partition coefficient (Wildman–Crippen LogP) is 1.36. The zero-order valence-electron chi connectivity index (χ0n) is 18.9. The van der Waals surface area contributed by atoms with Crippen LogP contribution in [0.15, 0.2) is 48.8 Å². The molecule has 0 spiro atoms. The van der Waals surface area contributed by atoms with Crippen LogP contribution in [0.2, 0.25) is 0 Å². The number of carbonyl (C=O) groups excluding carboxylic acids is 2. The first kappa shape index (κ1) is 23.0. The highest BCUT2D eigenvalue weighted by Crippen LogP contribution is 2.34. The highest BCUT2D eigenvalue weighted by molar-refractivity contribution is 5.82. The van der Waals surface area contributed by atoms with Crippen molar-refractivity contribution in [1.29, 1.82) is 0 Å². The molecule has 4 rings (SSSR count). The third-order valence-electron chi connectivity index (χ3n) is 6.25. The number of hydrogen-bond acceptors (Lipinski definition) is 7. The van der Waals surface area contributed by atoms with Crippen molar-refractivity contribution in [3.8, 4) is 5.75 Å². The molecule has 176 valence electrons. The Morgan fingerprint density at radius 1 is 1.03 bits per heavy atom. The SMILES string of the molecule is COCC(=O)N[C@@H]1C[C@H](COc2ccccc2)C[C@H]1C(=O)N1CCN(c2ncccn2)CC1. The van der Waals surface area contributed by atoms with Crippen molar-refractivity contribution < 1.29 is 19.1 Å². The second-order valence-corrected chi connectivity index (χ2v) is 8.54. The zero-order chi connectivity index (χ0) is 23.0. The van der Waals surface area contributed by atoms with Gasteiger partial charge in [0.2, 0.25) is 17.8 Å². The van der Waals surface area contributed by atoms with Gasteiger partial charge in [-0.15, -0.1) is 0 Å². The summed E-state index contributed by atoms with van der Waals surface area (Å²) in [5.74, 6) is 1.31. The lowest BCUT2D eigenvalue weighted by Crippen LogP contribution is -2.53. The molecule has 2 fully saturated rings. The van der Waals surface area contributed by atoms with Crippen molar-refractivity contribution in [3.05, 3.63) is 48.8 Å². The third-order valence-corrected chi connectivity index (χ3v) is 6.25. The Kier molecular flexibility index (Phi) is 7.72. The van der Waals surface area contributed by atoms with Crippen LogP contribution in [0.1, 0.15) is 12.8 Å². The Morgan fingerprint density at radius 3 is 2.45 bits per heavy atom. The number of nitrogens with zero attached hydrogens (tertiary/aromatic N) is 4. The van der Waals surface area contributed by atoms with E-state index in [-0.39, 0.29) is 36.3 Å². The van der Waals surface area contributed by atoms with Gasteiger partial charge in [-0.2, -0.15) is 0 Å². The summed E-state index contributed by atoms with van der Waals surface area (Å²) in [7, 11) is 1.49. The van der Waals surface area contributed by atoms with Crippen molar-refractivity contribution >= 4 is 17.8 Å². The van der Waals surface area contributed by atoms with Gasteiger partial charge < -0.3 is 24.6 Å². The van der Waals surface area contributed by atoms with Crippen molar-refractivity contribution in [2.45, 2.75) is 18.9 Å². The summed E-state index contributed by atoms with van der Waals surface area (Å²) in [6.07, 6.45) is 4.84. The van der Waals surface area contributed by atoms with Crippen LogP contribution in [0.5, 0.6) is 5.75 Å². The van der Waals surface area contributed by atoms with Crippen LogP contribution >= 0.6 is 0 Å². The molecular formula is C24H31N5O4. The topological polar surface area (TPSA) is 96.9 Å². The molecular weight excluding hydrogens is 422 g/mol. The number of amides is 2. The van der Waals surface area contributed by atoms with Gasteiger partial charge in [-0.1, -0.05) is 18.2 Å². The highest BCUT2D eigenvalue weighted by atomic mass is 16.5. The molecule has 0 unspecified atom stereocenters. The molecule has 2 aromatic rings. The largest absolute Gasteiger partial charge is 0.493 e. The standard InChI is InChI=1S/C24H31N5O4/c1-32-17-22(30)27-21-15-18(16-33-19-6-3-2-4-7-19)14-20(21)23(31)28-10-12-29(13-11-28)24-25-8-5-9-26-24/h2-9,18,20-21H,10-17H2,1H3,(H,27,30)/t18-,20-,21-/m1/s1. The van der Waals surface area contributed by atoms with Crippen LogP contribution in [-0.4, -0.2) is 79.2 Å². The fourth-order valence-electron chi connectivity index (χ4n) is 4.64. The number of ether oxygens (including phenoxy) is 2. The number of nitrogens with one attached hydrogen (secondary N) is 1. The van der Waals surface area contributed by atoms with E-state index in [0.29, 0.717) is 51.6 Å². The molecule has 1 N–H and O–H groups in total. The maximum Gasteiger partial charge on any atom is 0.246 e. The Labute approximate surface area is 194 Å². The van der Waals surface area contributed by atoms with Crippen molar-refractivity contribution in [3.63, 3.8) is 0 Å². The molecule has 3 atom stereocenters. The number of rotatable bonds is 8. The molecule has 1 saturated heterocycles. The predicted molar refractivity (Wildman–Crippen MR) is 123 cm³/mol. The quantitative estimate of drug-likeness (QED) is 0.645. The molecule has 2 amide bonds. The fraction of sp³-hybridized carbons (Fsp3) is 0.500. The summed E-state index contributed by atoms with van der Waals surface area (Å²) in [5, 5.41) is 3.02. The number of benzene rings is 1. The van der Waals surface area contributed by atoms with Gasteiger partial charge in [-0.05, 0) is 37.0 Å². The van der Waals surface area contributed by atoms with E-state index in [2.05, 4.69) is 20.2 Å². The lowest BCUT2D eigenvalue weighted by Gasteiger charge is -2.36. The highest BCUT2D eigenvalue weighted by Gasteiger charge is 2.42. The van der Waals surface area contributed by atoms with Crippen LogP contribution in [0.25, 0.3) is 0 Å². The number of para-hydroxylation sites is 1. The Balaban J connectivity index is 1.37. The van der Waals surface area contributed by atoms with Gasteiger partial charge in [0.1, 0.15) is 12.4 Å². The number of anilines is 1. The Bertz CT molecular complexity index is 906.